The molecule has 0 bridgehead atoms. The number of halogens is 4. The second kappa shape index (κ2) is 10.4. The van der Waals surface area contributed by atoms with Crippen LogP contribution in [0.25, 0.3) is 0 Å². The number of anilines is 2. The lowest BCUT2D eigenvalue weighted by Crippen LogP contribution is -2.21. The van der Waals surface area contributed by atoms with E-state index < -0.39 is 39.2 Å². The second-order valence-electron chi connectivity index (χ2n) is 6.51. The van der Waals surface area contributed by atoms with Crippen molar-refractivity contribution in [3.63, 3.8) is 0 Å². The molecule has 3 aromatic carbocycles. The van der Waals surface area contributed by atoms with Crippen molar-refractivity contribution in [2.75, 3.05) is 16.6 Å². The fourth-order valence-corrected chi connectivity index (χ4v) is 4.59. The van der Waals surface area contributed by atoms with Crippen LogP contribution in [0.2, 0.25) is 15.1 Å². The quantitative estimate of drug-likeness (QED) is 0.399. The number of ether oxygens (including phenoxy) is 1. The van der Waals surface area contributed by atoms with Crippen LogP contribution in [-0.4, -0.2) is 26.9 Å². The molecule has 0 radical (unpaired) electrons. The maximum Gasteiger partial charge on any atom is 0.340 e. The SMILES string of the molecule is O=C(COC(=O)c1cc(S(=O)(=O)Nc2ccc(F)cc2)c(Cl)cc1Cl)Nc1ccc(Cl)cc1. The summed E-state index contributed by atoms with van der Waals surface area (Å²) in [7, 11) is -4.27. The van der Waals surface area contributed by atoms with Gasteiger partial charge in [0, 0.05) is 16.4 Å². The normalized spacial score (nSPS) is 11.0. The predicted molar refractivity (Wildman–Crippen MR) is 124 cm³/mol. The van der Waals surface area contributed by atoms with Crippen molar-refractivity contribution in [3.05, 3.63) is 87.1 Å². The highest BCUT2D eigenvalue weighted by molar-refractivity contribution is 7.92. The zero-order chi connectivity index (χ0) is 24.2. The van der Waals surface area contributed by atoms with Gasteiger partial charge in [-0.05, 0) is 60.7 Å². The number of esters is 1. The molecule has 0 saturated carbocycles. The number of sulfonamides is 1. The van der Waals surface area contributed by atoms with Crippen LogP contribution in [0, 0.1) is 5.82 Å². The van der Waals surface area contributed by atoms with Gasteiger partial charge in [-0.2, -0.15) is 0 Å². The monoisotopic (exact) mass is 530 g/mol. The van der Waals surface area contributed by atoms with Crippen LogP contribution >= 0.6 is 34.8 Å². The molecular weight excluding hydrogens is 518 g/mol. The van der Waals surface area contributed by atoms with Gasteiger partial charge in [-0.1, -0.05) is 34.8 Å². The van der Waals surface area contributed by atoms with Crippen LogP contribution in [0.5, 0.6) is 0 Å². The third kappa shape index (κ3) is 6.58. The summed E-state index contributed by atoms with van der Waals surface area (Å²) in [5.41, 5.74) is 0.190. The van der Waals surface area contributed by atoms with E-state index in [1.807, 2.05) is 0 Å². The molecule has 0 fully saturated rings. The van der Waals surface area contributed by atoms with Crippen molar-refractivity contribution >= 4 is 68.1 Å². The van der Waals surface area contributed by atoms with E-state index in [4.69, 9.17) is 39.5 Å². The van der Waals surface area contributed by atoms with Crippen LogP contribution in [0.1, 0.15) is 10.4 Å². The van der Waals surface area contributed by atoms with Crippen molar-refractivity contribution in [1.82, 2.24) is 0 Å². The summed E-state index contributed by atoms with van der Waals surface area (Å²) >= 11 is 17.8. The molecule has 7 nitrogen and oxygen atoms in total. The molecule has 12 heteroatoms. The molecule has 33 heavy (non-hydrogen) atoms. The van der Waals surface area contributed by atoms with Gasteiger partial charge >= 0.3 is 5.97 Å². The Kier molecular flexibility index (Phi) is 7.80. The van der Waals surface area contributed by atoms with Gasteiger partial charge in [-0.3, -0.25) is 9.52 Å². The molecule has 0 saturated heterocycles. The Labute approximate surface area is 203 Å². The van der Waals surface area contributed by atoms with Crippen molar-refractivity contribution in [1.29, 1.82) is 0 Å². The van der Waals surface area contributed by atoms with Gasteiger partial charge in [-0.25, -0.2) is 17.6 Å². The Morgan fingerprint density at radius 2 is 1.48 bits per heavy atom. The van der Waals surface area contributed by atoms with Crippen molar-refractivity contribution in [3.8, 4) is 0 Å². The molecule has 0 unspecified atom stereocenters. The van der Waals surface area contributed by atoms with E-state index >= 15 is 0 Å². The molecule has 1 amide bonds. The van der Waals surface area contributed by atoms with E-state index in [1.165, 1.54) is 12.1 Å². The van der Waals surface area contributed by atoms with E-state index in [1.54, 1.807) is 24.3 Å². The number of benzene rings is 3. The van der Waals surface area contributed by atoms with Gasteiger partial charge in [0.05, 0.1) is 15.6 Å². The number of carbonyl (C=O) groups is 2. The van der Waals surface area contributed by atoms with Gasteiger partial charge in [0.25, 0.3) is 15.9 Å². The molecule has 0 aliphatic heterocycles. The van der Waals surface area contributed by atoms with E-state index in [9.17, 15) is 22.4 Å². The summed E-state index contributed by atoms with van der Waals surface area (Å²) < 4.78 is 45.7. The molecule has 0 aliphatic rings. The number of amides is 1. The fourth-order valence-electron chi connectivity index (χ4n) is 2.56. The summed E-state index contributed by atoms with van der Waals surface area (Å²) in [6.07, 6.45) is 0. The Morgan fingerprint density at radius 3 is 2.12 bits per heavy atom. The minimum absolute atomic E-state index is 0.0745. The average molecular weight is 532 g/mol. The fraction of sp³-hybridized carbons (Fsp3) is 0.0476. The van der Waals surface area contributed by atoms with Gasteiger partial charge in [0.1, 0.15) is 10.7 Å². The molecule has 172 valence electrons. The lowest BCUT2D eigenvalue weighted by Gasteiger charge is -2.12. The van der Waals surface area contributed by atoms with Crippen molar-refractivity contribution in [2.24, 2.45) is 0 Å². The number of carbonyl (C=O) groups excluding carboxylic acids is 2. The van der Waals surface area contributed by atoms with E-state index in [-0.39, 0.29) is 21.3 Å². The third-order valence-electron chi connectivity index (χ3n) is 4.09. The standard InChI is InChI=1S/C21H14Cl3FN2O5S/c22-12-1-5-14(6-2-12)26-20(28)11-32-21(29)16-9-19(18(24)10-17(16)23)33(30,31)27-15-7-3-13(25)4-8-15/h1-10,27H,11H2,(H,26,28). The average Bonchev–Trinajstić information content (AvgIpc) is 2.75. The minimum Gasteiger partial charge on any atom is -0.452 e. The molecular formula is C21H14Cl3FN2O5S. The predicted octanol–water partition coefficient (Wildman–Crippen LogP) is 5.38. The summed E-state index contributed by atoms with van der Waals surface area (Å²) in [6, 6.07) is 12.8. The molecule has 0 heterocycles. The van der Waals surface area contributed by atoms with E-state index in [0.717, 1.165) is 24.3 Å². The van der Waals surface area contributed by atoms with Crippen LogP contribution in [0.4, 0.5) is 15.8 Å². The first-order chi connectivity index (χ1) is 15.5. The zero-order valence-corrected chi connectivity index (χ0v) is 19.5. The first kappa shape index (κ1) is 24.8. The van der Waals surface area contributed by atoms with E-state index in [2.05, 4.69) is 10.0 Å². The minimum atomic E-state index is -4.27. The maximum atomic E-state index is 13.1. The number of nitrogens with one attached hydrogen (secondary N) is 2. The van der Waals surface area contributed by atoms with Gasteiger partial charge in [0.15, 0.2) is 6.61 Å². The first-order valence-electron chi connectivity index (χ1n) is 9.05. The molecule has 3 aromatic rings. The Balaban J connectivity index is 1.74. The van der Waals surface area contributed by atoms with Gasteiger partial charge in [0.2, 0.25) is 0 Å². The Hall–Kier alpha value is -2.85. The highest BCUT2D eigenvalue weighted by Gasteiger charge is 2.24. The van der Waals surface area contributed by atoms with Gasteiger partial charge < -0.3 is 10.1 Å². The highest BCUT2D eigenvalue weighted by Crippen LogP contribution is 2.30. The number of rotatable bonds is 7. The second-order valence-corrected chi connectivity index (χ2v) is 9.41. The van der Waals surface area contributed by atoms with Crippen LogP contribution in [0.15, 0.2) is 65.6 Å². The summed E-state index contributed by atoms with van der Waals surface area (Å²) in [4.78, 5) is 24.0. The zero-order valence-electron chi connectivity index (χ0n) is 16.4. The number of hydrogen-bond donors (Lipinski definition) is 2. The molecule has 0 atom stereocenters. The summed E-state index contributed by atoms with van der Waals surface area (Å²) in [6.45, 7) is -0.656. The smallest absolute Gasteiger partial charge is 0.340 e. The van der Waals surface area contributed by atoms with Crippen molar-refractivity contribution < 1.29 is 27.1 Å². The molecule has 2 N–H and O–H groups in total. The molecule has 0 spiro atoms. The Bertz CT molecular complexity index is 1300. The lowest BCUT2D eigenvalue weighted by atomic mass is 10.2. The molecule has 0 aliphatic carbocycles. The largest absolute Gasteiger partial charge is 0.452 e. The van der Waals surface area contributed by atoms with Crippen molar-refractivity contribution in [2.45, 2.75) is 4.90 Å². The van der Waals surface area contributed by atoms with Gasteiger partial charge in [-0.15, -0.1) is 0 Å². The van der Waals surface area contributed by atoms with Crippen LogP contribution < -0.4 is 10.0 Å². The van der Waals surface area contributed by atoms with Crippen LogP contribution in [-0.2, 0) is 19.6 Å². The van der Waals surface area contributed by atoms with E-state index in [0.29, 0.717) is 10.7 Å². The summed E-state index contributed by atoms with van der Waals surface area (Å²) in [5, 5.41) is 2.55. The number of hydrogen-bond acceptors (Lipinski definition) is 5. The third-order valence-corrected chi connectivity index (χ3v) is 6.50. The lowest BCUT2D eigenvalue weighted by molar-refractivity contribution is -0.119. The molecule has 0 aromatic heterocycles. The maximum absolute atomic E-state index is 13.1. The topological polar surface area (TPSA) is 102 Å². The Morgan fingerprint density at radius 1 is 0.879 bits per heavy atom. The highest BCUT2D eigenvalue weighted by atomic mass is 35.5. The van der Waals surface area contributed by atoms with Crippen LogP contribution in [0.3, 0.4) is 0 Å². The first-order valence-corrected chi connectivity index (χ1v) is 11.7. The molecule has 3 rings (SSSR count). The summed E-state index contributed by atoms with van der Waals surface area (Å²) in [5.74, 6) is -2.23.